The molecule has 3 heterocycles. The zero-order valence-electron chi connectivity index (χ0n) is 34.5. The van der Waals surface area contributed by atoms with Crippen molar-refractivity contribution >= 4 is 78.8 Å². The Labute approximate surface area is 365 Å². The molecule has 0 aliphatic carbocycles. The Kier molecular flexibility index (Phi) is 18.5. The number of aliphatic carboxylic acids is 2. The van der Waals surface area contributed by atoms with Crippen molar-refractivity contribution in [2.75, 3.05) is 50.3 Å². The van der Waals surface area contributed by atoms with E-state index < -0.39 is 97.2 Å². The second-order valence-corrected chi connectivity index (χ2v) is 17.5. The highest BCUT2D eigenvalue weighted by Crippen LogP contribution is 2.48. The minimum atomic E-state index is -4.63. The lowest BCUT2D eigenvalue weighted by Crippen LogP contribution is -2.46. The molecular weight excluding hydrogens is 874 g/mol. The lowest BCUT2D eigenvalue weighted by Gasteiger charge is -2.28. The van der Waals surface area contributed by atoms with Gasteiger partial charge in [0.15, 0.2) is 18.0 Å². The van der Waals surface area contributed by atoms with E-state index in [1.807, 2.05) is 19.9 Å². The van der Waals surface area contributed by atoms with Crippen molar-refractivity contribution in [2.45, 2.75) is 63.6 Å². The number of nitrogens with one attached hydrogen (secondary N) is 1. The molecule has 0 spiro atoms. The van der Waals surface area contributed by atoms with E-state index in [1.165, 1.54) is 42.0 Å². The molecule has 1 saturated heterocycles. The Morgan fingerprint density at radius 1 is 1.03 bits per heavy atom. The maximum Gasteiger partial charge on any atom is 0.459 e. The summed E-state index contributed by atoms with van der Waals surface area (Å²) >= 11 is 1.39. The van der Waals surface area contributed by atoms with E-state index in [9.17, 15) is 33.8 Å². The molecule has 62 heavy (non-hydrogen) atoms. The number of benzene rings is 1. The van der Waals surface area contributed by atoms with Crippen LogP contribution in [0.15, 0.2) is 53.8 Å². The molecule has 0 bridgehead atoms. The fraction of sp³-hybridized carbons (Fsp3) is 0.500. The van der Waals surface area contributed by atoms with Gasteiger partial charge in [-0.15, -0.1) is 23.5 Å². The number of carboxylic acids is 2. The summed E-state index contributed by atoms with van der Waals surface area (Å²) in [5.41, 5.74) is -2.18. The predicted octanol–water partition coefficient (Wildman–Crippen LogP) is 3.69. The van der Waals surface area contributed by atoms with Crippen molar-refractivity contribution in [1.82, 2.24) is 24.6 Å². The fourth-order valence-electron chi connectivity index (χ4n) is 5.87. The minimum absolute atomic E-state index is 0.0610. The van der Waals surface area contributed by atoms with Gasteiger partial charge >= 0.3 is 37.6 Å². The SMILES string of the molecule is CCC(CC)COC(=O)[C@H](C)N[P@](=O)(OC[C@H]1O[C@@](C#N)(c2ccc3c(N=CN(C)C)ncnn23)[C@H](OC(=O)CSCC(=O)O)[C@@H]1OC(=O)CSCC(=O)O)Oc1ccccc1. The van der Waals surface area contributed by atoms with Gasteiger partial charge < -0.3 is 38.6 Å². The molecular formula is C38H48N7O14PS2. The lowest BCUT2D eigenvalue weighted by atomic mass is 9.92. The molecule has 3 N–H and O–H groups in total. The molecule has 2 aromatic heterocycles. The fourth-order valence-corrected chi connectivity index (χ4v) is 8.39. The Hall–Kier alpha value is -5.24. The average Bonchev–Trinajstić information content (AvgIpc) is 3.79. The smallest absolute Gasteiger partial charge is 0.459 e. The normalized spacial score (nSPS) is 20.0. The number of nitrogens with zero attached hydrogens (tertiary/aromatic N) is 6. The lowest BCUT2D eigenvalue weighted by molar-refractivity contribution is -0.165. The second kappa shape index (κ2) is 23.3. The Balaban J connectivity index is 1.80. The van der Waals surface area contributed by atoms with Crippen LogP contribution in [0.2, 0.25) is 0 Å². The van der Waals surface area contributed by atoms with Gasteiger partial charge in [-0.2, -0.15) is 15.4 Å². The van der Waals surface area contributed by atoms with Crippen LogP contribution in [-0.4, -0.2) is 141 Å². The number of aromatic nitrogens is 3. The monoisotopic (exact) mass is 921 g/mol. The molecule has 4 rings (SSSR count). The molecule has 1 aromatic carbocycles. The van der Waals surface area contributed by atoms with Crippen molar-refractivity contribution in [1.29, 1.82) is 5.26 Å². The van der Waals surface area contributed by atoms with Gasteiger partial charge in [0.1, 0.15) is 35.8 Å². The Morgan fingerprint density at radius 3 is 2.27 bits per heavy atom. The van der Waals surface area contributed by atoms with Gasteiger partial charge in [-0.3, -0.25) is 28.5 Å². The number of aliphatic imine (C=N–C) groups is 1. The van der Waals surface area contributed by atoms with Crippen molar-refractivity contribution in [2.24, 2.45) is 10.9 Å². The minimum Gasteiger partial charge on any atom is -0.481 e. The number of fused-ring (bicyclic) bond motifs is 1. The number of rotatable bonds is 25. The van der Waals surface area contributed by atoms with Crippen LogP contribution in [0.25, 0.3) is 5.52 Å². The number of carbonyl (C=O) groups excluding carboxylic acids is 3. The summed E-state index contributed by atoms with van der Waals surface area (Å²) in [5, 5.41) is 36.3. The van der Waals surface area contributed by atoms with Gasteiger partial charge in [-0.25, -0.2) is 19.1 Å². The molecule has 1 aliphatic rings. The van der Waals surface area contributed by atoms with E-state index in [1.54, 1.807) is 37.2 Å². The molecule has 24 heteroatoms. The third-order valence-corrected chi connectivity index (χ3v) is 12.3. The van der Waals surface area contributed by atoms with Crippen LogP contribution in [0.1, 0.15) is 39.3 Å². The highest BCUT2D eigenvalue weighted by atomic mass is 32.2. The number of esters is 3. The molecule has 0 radical (unpaired) electrons. The van der Waals surface area contributed by atoms with Crippen molar-refractivity contribution in [3.63, 3.8) is 0 Å². The number of ether oxygens (including phenoxy) is 4. The largest absolute Gasteiger partial charge is 0.481 e. The number of hydrogen-bond acceptors (Lipinski definition) is 18. The van der Waals surface area contributed by atoms with Gasteiger partial charge in [0, 0.05) is 14.1 Å². The molecule has 0 amide bonds. The zero-order valence-corrected chi connectivity index (χ0v) is 37.0. The molecule has 0 unspecified atom stereocenters. The second-order valence-electron chi connectivity index (χ2n) is 13.8. The molecule has 3 aromatic rings. The third kappa shape index (κ3) is 13.6. The first-order valence-electron chi connectivity index (χ1n) is 19.1. The summed E-state index contributed by atoms with van der Waals surface area (Å²) in [6.07, 6.45) is -1.06. The Bertz CT molecular complexity index is 2150. The standard InChI is InChI=1S/C38H48N7O14PS2/c1-6-25(7-2)15-54-37(52)24(3)43-60(53,59-26-11-9-8-10-12-26)55-16-28-34(56-32(50)19-61-17-30(46)47)35(57-33(51)20-62-18-31(48)49)38(21-39,58-28)29-14-13-27-36(41-23-44(4)5)40-22-42-45(27)29/h8-14,22-25,28,34-35H,6-7,15-20H2,1-5H3,(H,43,53)(H,46,47)(H,48,49)/t24-,28+,34+,35+,38-,60-/m0/s1. The first kappa shape index (κ1) is 49.4. The first-order valence-corrected chi connectivity index (χ1v) is 22.9. The van der Waals surface area contributed by atoms with Crippen LogP contribution in [-0.2, 0) is 57.6 Å². The number of thioether (sulfide) groups is 2. The van der Waals surface area contributed by atoms with E-state index in [-0.39, 0.29) is 35.3 Å². The van der Waals surface area contributed by atoms with E-state index in [0.717, 1.165) is 19.2 Å². The maximum atomic E-state index is 14.6. The zero-order chi connectivity index (χ0) is 45.5. The summed E-state index contributed by atoms with van der Waals surface area (Å²) in [6, 6.07) is 11.6. The van der Waals surface area contributed by atoms with Gasteiger partial charge in [-0.1, -0.05) is 44.9 Å². The molecule has 1 aliphatic heterocycles. The number of carbonyl (C=O) groups is 5. The summed E-state index contributed by atoms with van der Waals surface area (Å²) in [7, 11) is -1.16. The summed E-state index contributed by atoms with van der Waals surface area (Å²) in [4.78, 5) is 72.6. The summed E-state index contributed by atoms with van der Waals surface area (Å²) in [6.45, 7) is 4.61. The van der Waals surface area contributed by atoms with Crippen molar-refractivity contribution in [3.05, 3.63) is 54.5 Å². The number of carboxylic acid groups (broad SMARTS) is 2. The van der Waals surface area contributed by atoms with Crippen molar-refractivity contribution < 1.29 is 66.7 Å². The van der Waals surface area contributed by atoms with Gasteiger partial charge in [0.25, 0.3) is 0 Å². The van der Waals surface area contributed by atoms with Crippen LogP contribution in [0.5, 0.6) is 5.75 Å². The van der Waals surface area contributed by atoms with Crippen LogP contribution >= 0.6 is 31.3 Å². The topological polar surface area (TPSA) is 280 Å². The van der Waals surface area contributed by atoms with E-state index in [0.29, 0.717) is 23.5 Å². The summed E-state index contributed by atoms with van der Waals surface area (Å²) in [5.74, 6) is -6.86. The summed E-state index contributed by atoms with van der Waals surface area (Å²) < 4.78 is 51.2. The molecule has 21 nitrogen and oxygen atoms in total. The van der Waals surface area contributed by atoms with Gasteiger partial charge in [0.2, 0.25) is 5.60 Å². The molecule has 0 saturated carbocycles. The number of nitriles is 1. The Morgan fingerprint density at radius 2 is 1.68 bits per heavy atom. The maximum absolute atomic E-state index is 14.6. The van der Waals surface area contributed by atoms with E-state index in [4.69, 9.17) is 38.2 Å². The number of hydrogen-bond donors (Lipinski definition) is 3. The van der Waals surface area contributed by atoms with E-state index >= 15 is 0 Å². The molecule has 336 valence electrons. The number of para-hydroxylation sites is 1. The van der Waals surface area contributed by atoms with Gasteiger partial charge in [-0.05, 0) is 37.1 Å². The molecule has 6 atom stereocenters. The van der Waals surface area contributed by atoms with Crippen LogP contribution in [0.3, 0.4) is 0 Å². The van der Waals surface area contributed by atoms with Crippen LogP contribution < -0.4 is 9.61 Å². The van der Waals surface area contributed by atoms with Crippen LogP contribution in [0, 0.1) is 17.2 Å². The van der Waals surface area contributed by atoms with Crippen LogP contribution in [0.4, 0.5) is 5.82 Å². The average molecular weight is 922 g/mol. The quantitative estimate of drug-likeness (QED) is 0.0359. The first-order chi connectivity index (χ1) is 29.5. The molecule has 1 fully saturated rings. The highest BCUT2D eigenvalue weighted by Gasteiger charge is 2.63. The van der Waals surface area contributed by atoms with Crippen molar-refractivity contribution in [3.8, 4) is 11.8 Å². The predicted molar refractivity (Wildman–Crippen MR) is 225 cm³/mol. The third-order valence-electron chi connectivity index (χ3n) is 8.91. The van der Waals surface area contributed by atoms with E-state index in [2.05, 4.69) is 20.2 Å². The highest BCUT2D eigenvalue weighted by molar-refractivity contribution is 8.00. The van der Waals surface area contributed by atoms with Gasteiger partial charge in [0.05, 0.1) is 48.3 Å².